The van der Waals surface area contributed by atoms with Crippen molar-refractivity contribution in [3.8, 4) is 0 Å². The van der Waals surface area contributed by atoms with Crippen molar-refractivity contribution < 1.29 is 22.9 Å². The highest BCUT2D eigenvalue weighted by molar-refractivity contribution is 7.89. The van der Waals surface area contributed by atoms with Gasteiger partial charge in [0.1, 0.15) is 0 Å². The Morgan fingerprint density at radius 3 is 2.23 bits per heavy atom. The van der Waals surface area contributed by atoms with Crippen LogP contribution in [0.4, 0.5) is 5.69 Å². The average Bonchev–Trinajstić information content (AvgIpc) is 2.75. The first-order chi connectivity index (χ1) is 14.6. The van der Waals surface area contributed by atoms with E-state index >= 15 is 0 Å². The minimum atomic E-state index is -3.55. The number of nitrogens with one attached hydrogen (secondary N) is 2. The Morgan fingerprint density at radius 2 is 1.65 bits per heavy atom. The minimum Gasteiger partial charge on any atom is -0.323 e. The summed E-state index contributed by atoms with van der Waals surface area (Å²) in [4.78, 5) is 25.5. The molecule has 1 fully saturated rings. The van der Waals surface area contributed by atoms with E-state index in [0.717, 1.165) is 16.0 Å². The normalized spacial score (nSPS) is 16.6. The van der Waals surface area contributed by atoms with Crippen LogP contribution in [0.3, 0.4) is 0 Å². The molecule has 3 rings (SSSR count). The molecule has 0 aliphatic carbocycles. The number of quaternary nitrogens is 1. The number of sulfonamides is 1. The van der Waals surface area contributed by atoms with Gasteiger partial charge in [0.2, 0.25) is 10.0 Å². The van der Waals surface area contributed by atoms with Crippen LogP contribution >= 0.6 is 0 Å². The number of amides is 1. The van der Waals surface area contributed by atoms with Crippen molar-refractivity contribution in [1.29, 1.82) is 0 Å². The number of nitrogens with zero attached hydrogens (tertiary/aromatic N) is 1. The molecule has 2 aromatic carbocycles. The molecule has 31 heavy (non-hydrogen) atoms. The monoisotopic (exact) mass is 444 g/mol. The topological polar surface area (TPSA) is 88.0 Å². The van der Waals surface area contributed by atoms with Crippen LogP contribution in [-0.4, -0.2) is 56.6 Å². The second-order valence-corrected chi connectivity index (χ2v) is 10.1. The van der Waals surface area contributed by atoms with Crippen molar-refractivity contribution in [1.82, 2.24) is 4.31 Å². The second-order valence-electron chi connectivity index (χ2n) is 8.18. The van der Waals surface area contributed by atoms with Crippen LogP contribution in [0.15, 0.2) is 47.4 Å². The lowest BCUT2D eigenvalue weighted by Gasteiger charge is -2.34. The lowest BCUT2D eigenvalue weighted by atomic mass is 10.1. The van der Waals surface area contributed by atoms with Gasteiger partial charge >= 0.3 is 0 Å². The predicted octanol–water partition coefficient (Wildman–Crippen LogP) is 1.42. The quantitative estimate of drug-likeness (QED) is 0.660. The van der Waals surface area contributed by atoms with Gasteiger partial charge in [-0.1, -0.05) is 12.1 Å². The first-order valence-electron chi connectivity index (χ1n) is 10.4. The van der Waals surface area contributed by atoms with Gasteiger partial charge in [-0.05, 0) is 69.2 Å². The summed E-state index contributed by atoms with van der Waals surface area (Å²) in [7, 11) is -3.55. The fourth-order valence-electron chi connectivity index (χ4n) is 3.80. The maximum Gasteiger partial charge on any atom is 0.282 e. The van der Waals surface area contributed by atoms with Crippen molar-refractivity contribution in [2.75, 3.05) is 31.5 Å². The third-order valence-corrected chi connectivity index (χ3v) is 7.93. The Morgan fingerprint density at radius 1 is 1.03 bits per heavy atom. The number of piperazine rings is 1. The van der Waals surface area contributed by atoms with Gasteiger partial charge in [-0.3, -0.25) is 9.59 Å². The zero-order chi connectivity index (χ0) is 22.8. The lowest BCUT2D eigenvalue weighted by Crippen LogP contribution is -3.19. The SMILES string of the molecule is CC(=O)c1ccc(NC(=O)[C@H](C)[NH+]2CCN(S(=O)(=O)c3cc(C)ccc3C)CC2)cc1. The number of carbonyl (C=O) groups excluding carboxylic acids is 2. The molecule has 0 spiro atoms. The summed E-state index contributed by atoms with van der Waals surface area (Å²) in [5, 5.41) is 2.88. The zero-order valence-corrected chi connectivity index (χ0v) is 19.3. The lowest BCUT2D eigenvalue weighted by molar-refractivity contribution is -0.917. The molecule has 1 aliphatic heterocycles. The molecule has 1 heterocycles. The molecule has 1 atom stereocenters. The van der Waals surface area contributed by atoms with E-state index in [9.17, 15) is 18.0 Å². The van der Waals surface area contributed by atoms with Gasteiger partial charge < -0.3 is 10.2 Å². The highest BCUT2D eigenvalue weighted by Crippen LogP contribution is 2.21. The van der Waals surface area contributed by atoms with Gasteiger partial charge in [-0.2, -0.15) is 4.31 Å². The van der Waals surface area contributed by atoms with E-state index in [1.807, 2.05) is 32.9 Å². The highest BCUT2D eigenvalue weighted by atomic mass is 32.2. The summed E-state index contributed by atoms with van der Waals surface area (Å²) in [5.41, 5.74) is 2.88. The number of hydrogen-bond donors (Lipinski definition) is 2. The molecular weight excluding hydrogens is 414 g/mol. The van der Waals surface area contributed by atoms with Crippen LogP contribution in [0.5, 0.6) is 0 Å². The molecule has 2 N–H and O–H groups in total. The minimum absolute atomic E-state index is 0.0237. The van der Waals surface area contributed by atoms with E-state index in [1.54, 1.807) is 30.3 Å². The van der Waals surface area contributed by atoms with Gasteiger partial charge in [0, 0.05) is 11.3 Å². The summed E-state index contributed by atoms with van der Waals surface area (Å²) in [5.74, 6) is -0.152. The first-order valence-corrected chi connectivity index (χ1v) is 11.9. The molecular formula is C23H30N3O4S+. The summed E-state index contributed by atoms with van der Waals surface area (Å²) in [6.07, 6.45) is 0. The molecule has 8 heteroatoms. The van der Waals surface area contributed by atoms with E-state index in [2.05, 4.69) is 5.32 Å². The Kier molecular flexibility index (Phi) is 6.93. The van der Waals surface area contributed by atoms with Crippen LogP contribution in [0.1, 0.15) is 35.3 Å². The highest BCUT2D eigenvalue weighted by Gasteiger charge is 2.35. The number of carbonyl (C=O) groups is 2. The predicted molar refractivity (Wildman–Crippen MR) is 120 cm³/mol. The number of benzene rings is 2. The molecule has 1 aliphatic rings. The molecule has 1 saturated heterocycles. The Hall–Kier alpha value is -2.55. The van der Waals surface area contributed by atoms with Gasteiger partial charge in [-0.25, -0.2) is 8.42 Å². The molecule has 166 valence electrons. The van der Waals surface area contributed by atoms with E-state index in [0.29, 0.717) is 42.3 Å². The smallest absolute Gasteiger partial charge is 0.282 e. The van der Waals surface area contributed by atoms with Crippen molar-refractivity contribution in [3.05, 3.63) is 59.2 Å². The molecule has 0 aromatic heterocycles. The van der Waals surface area contributed by atoms with Crippen LogP contribution in [0.25, 0.3) is 0 Å². The van der Waals surface area contributed by atoms with Gasteiger partial charge in [0.05, 0.1) is 31.1 Å². The summed E-state index contributed by atoms with van der Waals surface area (Å²) >= 11 is 0. The van der Waals surface area contributed by atoms with Gasteiger partial charge in [-0.15, -0.1) is 0 Å². The third-order valence-electron chi connectivity index (χ3n) is 5.89. The largest absolute Gasteiger partial charge is 0.323 e. The van der Waals surface area contributed by atoms with Gasteiger partial charge in [0.25, 0.3) is 5.91 Å². The molecule has 7 nitrogen and oxygen atoms in total. The maximum absolute atomic E-state index is 13.1. The Labute approximate surface area is 184 Å². The van der Waals surface area contributed by atoms with Gasteiger partial charge in [0.15, 0.2) is 11.8 Å². The van der Waals surface area contributed by atoms with Crippen LogP contribution in [-0.2, 0) is 14.8 Å². The Balaban J connectivity index is 1.61. The number of rotatable bonds is 6. The molecule has 0 radical (unpaired) electrons. The molecule has 0 saturated carbocycles. The van der Waals surface area contributed by atoms with E-state index in [1.165, 1.54) is 11.2 Å². The number of Topliss-reactive ketones (excluding diaryl/α,β-unsaturated/α-hetero) is 1. The zero-order valence-electron chi connectivity index (χ0n) is 18.4. The van der Waals surface area contributed by atoms with Crippen molar-refractivity contribution in [2.45, 2.75) is 38.6 Å². The van der Waals surface area contributed by atoms with E-state index in [-0.39, 0.29) is 17.7 Å². The van der Waals surface area contributed by atoms with Crippen LogP contribution in [0, 0.1) is 13.8 Å². The second kappa shape index (κ2) is 9.30. The average molecular weight is 445 g/mol. The summed E-state index contributed by atoms with van der Waals surface area (Å²) in [6.45, 7) is 8.90. The molecule has 2 aromatic rings. The number of anilines is 1. The fraction of sp³-hybridized carbons (Fsp3) is 0.391. The standard InChI is InChI=1S/C23H29N3O4S/c1-16-5-6-17(2)22(15-16)31(29,30)26-13-11-25(12-14-26)18(3)23(28)24-21-9-7-20(8-10-21)19(4)27/h5-10,15,18H,11-14H2,1-4H3,(H,24,28)/p+1/t18-/m0/s1. The van der Waals surface area contributed by atoms with Crippen LogP contribution in [0.2, 0.25) is 0 Å². The molecule has 0 unspecified atom stereocenters. The summed E-state index contributed by atoms with van der Waals surface area (Å²) in [6, 6.07) is 11.9. The van der Waals surface area contributed by atoms with Crippen molar-refractivity contribution in [2.24, 2.45) is 0 Å². The number of aryl methyl sites for hydroxylation is 2. The Bertz CT molecular complexity index is 1070. The number of ketones is 1. The summed E-state index contributed by atoms with van der Waals surface area (Å²) < 4.78 is 27.7. The number of hydrogen-bond acceptors (Lipinski definition) is 4. The molecule has 1 amide bonds. The third kappa shape index (κ3) is 5.20. The van der Waals surface area contributed by atoms with Crippen molar-refractivity contribution in [3.63, 3.8) is 0 Å². The van der Waals surface area contributed by atoms with E-state index < -0.39 is 10.0 Å². The van der Waals surface area contributed by atoms with E-state index in [4.69, 9.17) is 0 Å². The maximum atomic E-state index is 13.1. The van der Waals surface area contributed by atoms with Crippen molar-refractivity contribution >= 4 is 27.4 Å². The fourth-order valence-corrected chi connectivity index (χ4v) is 5.55. The molecule has 0 bridgehead atoms. The first kappa shape index (κ1) is 23.1. The van der Waals surface area contributed by atoms with Crippen LogP contribution < -0.4 is 10.2 Å².